The lowest BCUT2D eigenvalue weighted by molar-refractivity contribution is -0.159. The minimum absolute atomic E-state index is 0.120. The van der Waals surface area contributed by atoms with Gasteiger partial charge in [-0.15, -0.1) is 11.3 Å². The van der Waals surface area contributed by atoms with Crippen LogP contribution in [-0.2, 0) is 43.2 Å². The number of benzene rings is 2. The molecule has 0 aliphatic carbocycles. The molecule has 1 N–H and O–H groups in total. The molecule has 3 aromatic rings. The molecule has 0 radical (unpaired) electrons. The summed E-state index contributed by atoms with van der Waals surface area (Å²) in [7, 11) is 0. The SMILES string of the molecule is CCOC(=O)CN(CCc1ccc(O)cc1)C(=O)CC1C(=O)N(C(Cl)Cc2ccc(Cl)cc2)CC(=O)N1CCc1cccs1. The van der Waals surface area contributed by atoms with E-state index in [-0.39, 0.29) is 57.3 Å². The zero-order valence-electron chi connectivity index (χ0n) is 24.4. The molecule has 1 aromatic heterocycles. The number of alkyl halides is 1. The number of phenolic OH excluding ortho intramolecular Hbond substituents is 1. The molecule has 9 nitrogen and oxygen atoms in total. The first-order chi connectivity index (χ1) is 21.1. The maximum atomic E-state index is 14.0. The second kappa shape index (κ2) is 15.9. The Kier molecular flexibility index (Phi) is 12.1. The molecule has 2 heterocycles. The molecular weight excluding hydrogens is 625 g/mol. The Bertz CT molecular complexity index is 1420. The van der Waals surface area contributed by atoms with Crippen LogP contribution in [0.1, 0.15) is 29.3 Å². The summed E-state index contributed by atoms with van der Waals surface area (Å²) in [5.41, 5.74) is 0.872. The number of piperazine rings is 1. The average Bonchev–Trinajstić information content (AvgIpc) is 3.52. The van der Waals surface area contributed by atoms with Crippen molar-refractivity contribution in [3.05, 3.63) is 87.1 Å². The summed E-state index contributed by atoms with van der Waals surface area (Å²) in [5.74, 6) is -1.64. The van der Waals surface area contributed by atoms with Crippen molar-refractivity contribution in [2.75, 3.05) is 32.8 Å². The van der Waals surface area contributed by atoms with Gasteiger partial charge in [0.15, 0.2) is 0 Å². The molecule has 0 spiro atoms. The summed E-state index contributed by atoms with van der Waals surface area (Å²) >= 11 is 14.3. The van der Waals surface area contributed by atoms with Crippen molar-refractivity contribution in [1.82, 2.24) is 14.7 Å². The van der Waals surface area contributed by atoms with Gasteiger partial charge in [-0.1, -0.05) is 53.5 Å². The third kappa shape index (κ3) is 9.20. The summed E-state index contributed by atoms with van der Waals surface area (Å²) < 4.78 is 5.10. The van der Waals surface area contributed by atoms with Crippen LogP contribution in [0.2, 0.25) is 5.02 Å². The van der Waals surface area contributed by atoms with Gasteiger partial charge in [0, 0.05) is 29.4 Å². The lowest BCUT2D eigenvalue weighted by Gasteiger charge is -2.42. The van der Waals surface area contributed by atoms with Crippen molar-refractivity contribution in [2.45, 2.75) is 44.1 Å². The molecule has 2 atom stereocenters. The predicted octanol–water partition coefficient (Wildman–Crippen LogP) is 4.52. The maximum Gasteiger partial charge on any atom is 0.325 e. The van der Waals surface area contributed by atoms with Gasteiger partial charge >= 0.3 is 5.97 Å². The fraction of sp³-hybridized carbons (Fsp3) is 0.375. The van der Waals surface area contributed by atoms with Gasteiger partial charge in [0.25, 0.3) is 0 Å². The van der Waals surface area contributed by atoms with E-state index in [0.717, 1.165) is 16.0 Å². The van der Waals surface area contributed by atoms with Gasteiger partial charge in [-0.3, -0.25) is 19.2 Å². The highest BCUT2D eigenvalue weighted by Gasteiger charge is 2.43. The van der Waals surface area contributed by atoms with E-state index in [9.17, 15) is 24.3 Å². The summed E-state index contributed by atoms with van der Waals surface area (Å²) in [6.07, 6.45) is 0.909. The van der Waals surface area contributed by atoms with Gasteiger partial charge in [-0.2, -0.15) is 0 Å². The zero-order chi connectivity index (χ0) is 31.6. The fourth-order valence-electron chi connectivity index (χ4n) is 5.01. The first-order valence-corrected chi connectivity index (χ1v) is 16.1. The van der Waals surface area contributed by atoms with Crippen LogP contribution >= 0.6 is 34.5 Å². The van der Waals surface area contributed by atoms with Gasteiger partial charge in [-0.05, 0) is 66.6 Å². The third-order valence-corrected chi connectivity index (χ3v) is 8.94. The van der Waals surface area contributed by atoms with Crippen LogP contribution < -0.4 is 0 Å². The first kappa shape index (κ1) is 33.3. The van der Waals surface area contributed by atoms with Crippen molar-refractivity contribution in [3.8, 4) is 5.75 Å². The largest absolute Gasteiger partial charge is 0.508 e. The zero-order valence-corrected chi connectivity index (χ0v) is 26.7. The summed E-state index contributed by atoms with van der Waals surface area (Å²) in [6, 6.07) is 16.4. The van der Waals surface area contributed by atoms with E-state index in [1.54, 1.807) is 54.7 Å². The molecule has 2 unspecified atom stereocenters. The summed E-state index contributed by atoms with van der Waals surface area (Å²) in [5, 5.41) is 12.1. The number of nitrogens with zero attached hydrogens (tertiary/aromatic N) is 3. The quantitative estimate of drug-likeness (QED) is 0.155. The number of ether oxygens (including phenoxy) is 1. The van der Waals surface area contributed by atoms with E-state index in [0.29, 0.717) is 17.9 Å². The molecule has 234 valence electrons. The number of amides is 3. The minimum atomic E-state index is -1.09. The van der Waals surface area contributed by atoms with Crippen molar-refractivity contribution in [3.63, 3.8) is 0 Å². The van der Waals surface area contributed by atoms with Crippen LogP contribution in [0.15, 0.2) is 66.0 Å². The lowest BCUT2D eigenvalue weighted by Crippen LogP contribution is -2.63. The number of thiophene rings is 1. The van der Waals surface area contributed by atoms with Gasteiger partial charge in [0.2, 0.25) is 17.7 Å². The molecule has 0 bridgehead atoms. The topological polar surface area (TPSA) is 107 Å². The Morgan fingerprint density at radius 2 is 1.77 bits per heavy atom. The highest BCUT2D eigenvalue weighted by molar-refractivity contribution is 7.09. The molecule has 4 rings (SSSR count). The van der Waals surface area contributed by atoms with E-state index in [4.69, 9.17) is 27.9 Å². The smallest absolute Gasteiger partial charge is 0.325 e. The van der Waals surface area contributed by atoms with Crippen molar-refractivity contribution < 1.29 is 29.0 Å². The van der Waals surface area contributed by atoms with Crippen molar-refractivity contribution >= 4 is 58.2 Å². The first-order valence-electron chi connectivity index (χ1n) is 14.4. The van der Waals surface area contributed by atoms with Gasteiger partial charge in [-0.25, -0.2) is 0 Å². The third-order valence-electron chi connectivity index (χ3n) is 7.36. The van der Waals surface area contributed by atoms with Crippen LogP contribution in [0.3, 0.4) is 0 Å². The van der Waals surface area contributed by atoms with Gasteiger partial charge in [0.1, 0.15) is 30.4 Å². The Balaban J connectivity index is 1.54. The molecule has 3 amide bonds. The number of esters is 1. The van der Waals surface area contributed by atoms with Crippen LogP contribution in [0, 0.1) is 0 Å². The molecule has 1 saturated heterocycles. The molecule has 1 fully saturated rings. The number of hydrogen-bond donors (Lipinski definition) is 1. The highest BCUT2D eigenvalue weighted by atomic mass is 35.5. The molecule has 44 heavy (non-hydrogen) atoms. The van der Waals surface area contributed by atoms with Crippen LogP contribution in [0.4, 0.5) is 0 Å². The van der Waals surface area contributed by atoms with Gasteiger partial charge < -0.3 is 24.5 Å². The molecular formula is C32H35Cl2N3O6S. The monoisotopic (exact) mass is 659 g/mol. The number of hydrogen-bond acceptors (Lipinski definition) is 7. The Morgan fingerprint density at radius 3 is 2.43 bits per heavy atom. The maximum absolute atomic E-state index is 14.0. The number of carbonyl (C=O) groups excluding carboxylic acids is 4. The summed E-state index contributed by atoms with van der Waals surface area (Å²) in [4.78, 5) is 58.9. The Labute approximate surface area is 270 Å². The highest BCUT2D eigenvalue weighted by Crippen LogP contribution is 2.24. The van der Waals surface area contributed by atoms with E-state index in [1.807, 2.05) is 29.6 Å². The molecule has 1 aliphatic rings. The van der Waals surface area contributed by atoms with Gasteiger partial charge in [0.05, 0.1) is 13.0 Å². The lowest BCUT2D eigenvalue weighted by atomic mass is 10.0. The van der Waals surface area contributed by atoms with Crippen LogP contribution in [0.5, 0.6) is 5.75 Å². The number of rotatable bonds is 14. The molecule has 12 heteroatoms. The van der Waals surface area contributed by atoms with Crippen molar-refractivity contribution in [1.29, 1.82) is 0 Å². The molecule has 2 aromatic carbocycles. The number of phenols is 1. The van der Waals surface area contributed by atoms with Crippen LogP contribution in [0.25, 0.3) is 0 Å². The molecule has 1 aliphatic heterocycles. The second-order valence-electron chi connectivity index (χ2n) is 10.4. The number of aromatic hydroxyl groups is 1. The normalized spacial score (nSPS) is 15.8. The standard InChI is InChI=1S/C32H35Cl2N3O6S/c1-2-43-31(41)21-35(15-13-22-7-11-25(38)12-8-22)29(39)19-27-32(42)37(28(34)18-23-5-9-24(33)10-6-23)20-30(40)36(27)16-14-26-4-3-17-44-26/h3-12,17,27-28,38H,2,13-16,18-21H2,1H3. The minimum Gasteiger partial charge on any atom is -0.508 e. The Morgan fingerprint density at radius 1 is 1.07 bits per heavy atom. The van der Waals surface area contributed by atoms with E-state index in [1.165, 1.54) is 14.7 Å². The number of halogens is 2. The van der Waals surface area contributed by atoms with E-state index >= 15 is 0 Å². The molecule has 0 saturated carbocycles. The van der Waals surface area contributed by atoms with E-state index < -0.39 is 29.3 Å². The van der Waals surface area contributed by atoms with E-state index in [2.05, 4.69) is 0 Å². The predicted molar refractivity (Wildman–Crippen MR) is 170 cm³/mol. The van der Waals surface area contributed by atoms with Crippen molar-refractivity contribution in [2.24, 2.45) is 0 Å². The number of carbonyl (C=O) groups is 4. The van der Waals surface area contributed by atoms with Crippen LogP contribution in [-0.4, -0.2) is 87.8 Å². The Hall–Kier alpha value is -3.60. The summed E-state index contributed by atoms with van der Waals surface area (Å²) in [6.45, 7) is 1.76. The average molecular weight is 661 g/mol. The fourth-order valence-corrected chi connectivity index (χ4v) is 6.18. The second-order valence-corrected chi connectivity index (χ2v) is 12.4.